The highest BCUT2D eigenvalue weighted by Gasteiger charge is 2.34. The predicted molar refractivity (Wildman–Crippen MR) is 128 cm³/mol. The molecule has 0 radical (unpaired) electrons. The van der Waals surface area contributed by atoms with Crippen LogP contribution in [-0.2, 0) is 0 Å². The van der Waals surface area contributed by atoms with E-state index in [-0.39, 0.29) is 42.7 Å². The molecule has 3 amide bonds. The number of pyridine rings is 1. The van der Waals surface area contributed by atoms with Gasteiger partial charge in [-0.15, -0.1) is 0 Å². The lowest BCUT2D eigenvalue weighted by Crippen LogP contribution is -2.50. The van der Waals surface area contributed by atoms with Crippen LogP contribution >= 0.6 is 0 Å². The van der Waals surface area contributed by atoms with Gasteiger partial charge >= 0.3 is 6.03 Å². The summed E-state index contributed by atoms with van der Waals surface area (Å²) in [5.74, 6) is -0.618. The highest BCUT2D eigenvalue weighted by molar-refractivity contribution is 5.97. The second-order valence-corrected chi connectivity index (χ2v) is 8.56. The van der Waals surface area contributed by atoms with Gasteiger partial charge in [0.05, 0.1) is 19.2 Å². The standard InChI is InChI=1S/C25H31FN4O4/c1-5-6-18-11-21-23(27-12-18)34-22(16(2)13-30(24(21)32)17(3)15-31)14-29(4)25(33)28-20-9-7-19(26)8-10-20/h5-12,16-17,22,31H,13-15H2,1-4H3,(H,28,33)/t16-,17+,22-/m0/s1. The molecule has 1 aliphatic heterocycles. The van der Waals surface area contributed by atoms with Crippen LogP contribution in [0.2, 0.25) is 0 Å². The number of nitrogens with one attached hydrogen (secondary N) is 1. The molecule has 3 atom stereocenters. The van der Waals surface area contributed by atoms with Crippen LogP contribution in [0, 0.1) is 11.7 Å². The van der Waals surface area contributed by atoms with Crippen LogP contribution in [0.3, 0.4) is 0 Å². The van der Waals surface area contributed by atoms with Gasteiger partial charge in [0.25, 0.3) is 5.91 Å². The van der Waals surface area contributed by atoms with Gasteiger partial charge in [0.1, 0.15) is 17.5 Å². The van der Waals surface area contributed by atoms with E-state index in [0.717, 1.165) is 5.56 Å². The van der Waals surface area contributed by atoms with Crippen LogP contribution in [0.4, 0.5) is 14.9 Å². The fraction of sp³-hybridized carbons (Fsp3) is 0.400. The Morgan fingerprint density at radius 3 is 2.76 bits per heavy atom. The van der Waals surface area contributed by atoms with Gasteiger partial charge in [-0.05, 0) is 49.7 Å². The number of benzene rings is 1. The first kappa shape index (κ1) is 25.2. The fourth-order valence-electron chi connectivity index (χ4n) is 3.72. The average Bonchev–Trinajstić information content (AvgIpc) is 2.82. The Kier molecular flexibility index (Phi) is 8.22. The molecule has 0 bridgehead atoms. The third kappa shape index (κ3) is 5.91. The molecule has 0 fully saturated rings. The zero-order chi connectivity index (χ0) is 24.8. The molecule has 2 heterocycles. The number of nitrogens with zero attached hydrogens (tertiary/aromatic N) is 3. The van der Waals surface area contributed by atoms with Crippen LogP contribution in [0.1, 0.15) is 36.7 Å². The number of fused-ring (bicyclic) bond motifs is 1. The van der Waals surface area contributed by atoms with E-state index >= 15 is 0 Å². The number of ether oxygens (including phenoxy) is 1. The minimum absolute atomic E-state index is 0.163. The molecule has 1 aromatic heterocycles. The number of likely N-dealkylation sites (N-methyl/N-ethyl adjacent to an activating group) is 1. The zero-order valence-electron chi connectivity index (χ0n) is 19.9. The van der Waals surface area contributed by atoms with Crippen molar-refractivity contribution in [2.24, 2.45) is 5.92 Å². The Balaban J connectivity index is 1.85. The van der Waals surface area contributed by atoms with E-state index in [9.17, 15) is 19.1 Å². The molecule has 182 valence electrons. The van der Waals surface area contributed by atoms with Gasteiger partial charge < -0.3 is 25.0 Å². The Labute approximate surface area is 199 Å². The first-order chi connectivity index (χ1) is 16.2. The van der Waals surface area contributed by atoms with Crippen molar-refractivity contribution in [2.75, 3.05) is 32.1 Å². The van der Waals surface area contributed by atoms with E-state index in [1.807, 2.05) is 26.0 Å². The molecule has 3 rings (SSSR count). The second kappa shape index (κ2) is 11.1. The molecule has 0 saturated carbocycles. The van der Waals surface area contributed by atoms with Crippen molar-refractivity contribution in [1.82, 2.24) is 14.8 Å². The minimum atomic E-state index is -0.468. The third-order valence-corrected chi connectivity index (χ3v) is 5.80. The smallest absolute Gasteiger partial charge is 0.321 e. The first-order valence-corrected chi connectivity index (χ1v) is 11.2. The van der Waals surface area contributed by atoms with E-state index in [2.05, 4.69) is 10.3 Å². The summed E-state index contributed by atoms with van der Waals surface area (Å²) < 4.78 is 19.3. The van der Waals surface area contributed by atoms with Crippen molar-refractivity contribution in [1.29, 1.82) is 0 Å². The predicted octanol–water partition coefficient (Wildman–Crippen LogP) is 3.64. The molecule has 8 nitrogen and oxygen atoms in total. The summed E-state index contributed by atoms with van der Waals surface area (Å²) in [6.45, 7) is 5.97. The molecular weight excluding hydrogens is 439 g/mol. The molecule has 0 saturated heterocycles. The number of rotatable bonds is 6. The number of halogens is 1. The summed E-state index contributed by atoms with van der Waals surface area (Å²) in [7, 11) is 1.64. The Morgan fingerprint density at radius 1 is 1.41 bits per heavy atom. The largest absolute Gasteiger partial charge is 0.472 e. The molecule has 1 aliphatic rings. The minimum Gasteiger partial charge on any atom is -0.472 e. The maximum atomic E-state index is 13.3. The molecule has 1 aromatic carbocycles. The Hall–Kier alpha value is -3.46. The maximum Gasteiger partial charge on any atom is 0.321 e. The number of aromatic nitrogens is 1. The van der Waals surface area contributed by atoms with E-state index in [1.54, 1.807) is 31.1 Å². The maximum absolute atomic E-state index is 13.3. The van der Waals surface area contributed by atoms with Crippen LogP contribution in [0.5, 0.6) is 5.88 Å². The molecule has 0 spiro atoms. The van der Waals surface area contributed by atoms with Gasteiger partial charge in [-0.3, -0.25) is 4.79 Å². The highest BCUT2D eigenvalue weighted by Crippen LogP contribution is 2.27. The zero-order valence-corrected chi connectivity index (χ0v) is 19.9. The Morgan fingerprint density at radius 2 is 2.12 bits per heavy atom. The van der Waals surface area contributed by atoms with Crippen molar-refractivity contribution in [2.45, 2.75) is 32.9 Å². The molecule has 2 aromatic rings. The number of carbonyl (C=O) groups excluding carboxylic acids is 2. The fourth-order valence-corrected chi connectivity index (χ4v) is 3.72. The van der Waals surface area contributed by atoms with Crippen LogP contribution in [0.15, 0.2) is 42.6 Å². The van der Waals surface area contributed by atoms with Gasteiger partial charge in [-0.2, -0.15) is 0 Å². The number of amides is 3. The van der Waals surface area contributed by atoms with Gasteiger partial charge in [-0.25, -0.2) is 14.2 Å². The lowest BCUT2D eigenvalue weighted by atomic mass is 10.00. The van der Waals surface area contributed by atoms with Crippen molar-refractivity contribution >= 4 is 23.7 Å². The third-order valence-electron chi connectivity index (χ3n) is 5.80. The second-order valence-electron chi connectivity index (χ2n) is 8.56. The van der Waals surface area contributed by atoms with Crippen LogP contribution in [-0.4, -0.2) is 70.7 Å². The number of anilines is 1. The quantitative estimate of drug-likeness (QED) is 0.672. The number of aliphatic hydroxyl groups excluding tert-OH is 1. The average molecular weight is 471 g/mol. The first-order valence-electron chi connectivity index (χ1n) is 11.2. The summed E-state index contributed by atoms with van der Waals surface area (Å²) in [6, 6.07) is 6.46. The molecule has 0 unspecified atom stereocenters. The van der Waals surface area contributed by atoms with Crippen LogP contribution in [0.25, 0.3) is 6.08 Å². The lowest BCUT2D eigenvalue weighted by Gasteiger charge is -2.37. The molecule has 34 heavy (non-hydrogen) atoms. The van der Waals surface area contributed by atoms with Crippen molar-refractivity contribution in [3.63, 3.8) is 0 Å². The van der Waals surface area contributed by atoms with E-state index in [1.165, 1.54) is 29.2 Å². The van der Waals surface area contributed by atoms with Gasteiger partial charge in [-0.1, -0.05) is 19.1 Å². The topological polar surface area (TPSA) is 95.0 Å². The van der Waals surface area contributed by atoms with Gasteiger partial charge in [0.2, 0.25) is 5.88 Å². The van der Waals surface area contributed by atoms with Crippen molar-refractivity contribution in [3.05, 3.63) is 59.5 Å². The van der Waals surface area contributed by atoms with Crippen molar-refractivity contribution in [3.8, 4) is 5.88 Å². The van der Waals surface area contributed by atoms with Crippen molar-refractivity contribution < 1.29 is 23.8 Å². The van der Waals surface area contributed by atoms with E-state index in [4.69, 9.17) is 4.74 Å². The Bertz CT molecular complexity index is 1040. The summed E-state index contributed by atoms with van der Waals surface area (Å²) in [5, 5.41) is 12.5. The summed E-state index contributed by atoms with van der Waals surface area (Å²) in [6.07, 6.45) is 4.85. The summed E-state index contributed by atoms with van der Waals surface area (Å²) in [5.41, 5.74) is 1.55. The number of hydrogen-bond acceptors (Lipinski definition) is 5. The summed E-state index contributed by atoms with van der Waals surface area (Å²) in [4.78, 5) is 33.5. The molecular formula is C25H31FN4O4. The molecule has 0 aliphatic carbocycles. The number of allylic oxidation sites excluding steroid dienone is 1. The van der Waals surface area contributed by atoms with E-state index in [0.29, 0.717) is 17.8 Å². The molecule has 2 N–H and O–H groups in total. The van der Waals surface area contributed by atoms with Crippen LogP contribution < -0.4 is 10.1 Å². The highest BCUT2D eigenvalue weighted by atomic mass is 19.1. The van der Waals surface area contributed by atoms with Gasteiger partial charge in [0, 0.05) is 31.4 Å². The number of hydrogen-bond donors (Lipinski definition) is 2. The lowest BCUT2D eigenvalue weighted by molar-refractivity contribution is 0.0356. The normalized spacial score (nSPS) is 19.1. The molecule has 9 heteroatoms. The SMILES string of the molecule is CC=Cc1cnc2c(c1)C(=O)N([C@H](C)CO)C[C@H](C)[C@H](CN(C)C(=O)Nc1ccc(F)cc1)O2. The monoisotopic (exact) mass is 470 g/mol. The van der Waals surface area contributed by atoms with E-state index < -0.39 is 12.1 Å². The number of urea groups is 1. The van der Waals surface area contributed by atoms with Gasteiger partial charge in [0.15, 0.2) is 0 Å². The number of aliphatic hydroxyl groups is 1. The number of carbonyl (C=O) groups is 2. The summed E-state index contributed by atoms with van der Waals surface area (Å²) >= 11 is 0.